The second-order valence-electron chi connectivity index (χ2n) is 5.77. The Bertz CT molecular complexity index is 395. The number of amides is 2. The highest BCUT2D eigenvalue weighted by atomic mass is 32.2. The van der Waals surface area contributed by atoms with Gasteiger partial charge < -0.3 is 9.80 Å². The van der Waals surface area contributed by atoms with Gasteiger partial charge in [-0.25, -0.2) is 13.2 Å². The van der Waals surface area contributed by atoms with Crippen LogP contribution in [0.3, 0.4) is 0 Å². The van der Waals surface area contributed by atoms with E-state index in [-0.39, 0.29) is 29.1 Å². The number of urea groups is 1. The number of carbonyl (C=O) groups is 1. The van der Waals surface area contributed by atoms with E-state index in [0.29, 0.717) is 6.42 Å². The minimum absolute atomic E-state index is 0.0872. The van der Waals surface area contributed by atoms with E-state index in [1.165, 1.54) is 4.90 Å². The van der Waals surface area contributed by atoms with Crippen molar-refractivity contribution in [3.63, 3.8) is 0 Å². The average Bonchev–Trinajstić information content (AvgIpc) is 2.43. The molecule has 0 unspecified atom stereocenters. The monoisotopic (exact) mass is 262 g/mol. The minimum Gasteiger partial charge on any atom is -0.331 e. The van der Waals surface area contributed by atoms with Crippen LogP contribution in [-0.4, -0.2) is 61.4 Å². The summed E-state index contributed by atoms with van der Waals surface area (Å²) in [6.07, 6.45) is 0.541. The molecular weight excluding hydrogens is 240 g/mol. The molecule has 0 N–H and O–H groups in total. The molecule has 0 aromatic rings. The number of rotatable bonds is 1. The maximum absolute atomic E-state index is 12.1. The standard InChI is InChI=1S/C11H22N2O3S/c1-11(2,3)13(10(14)12(4)5)9-6-7-17(15,16)8-9/h9H,6-8H2,1-5H3/t9-/m1/s1. The number of nitrogens with zero attached hydrogens (tertiary/aromatic N) is 2. The Hall–Kier alpha value is -0.780. The lowest BCUT2D eigenvalue weighted by Gasteiger charge is -2.41. The summed E-state index contributed by atoms with van der Waals surface area (Å²) in [7, 11) is 0.398. The van der Waals surface area contributed by atoms with Crippen molar-refractivity contribution in [2.75, 3.05) is 25.6 Å². The van der Waals surface area contributed by atoms with Crippen LogP contribution in [0.25, 0.3) is 0 Å². The molecule has 1 heterocycles. The van der Waals surface area contributed by atoms with Gasteiger partial charge in [-0.2, -0.15) is 0 Å². The molecule has 0 aromatic heterocycles. The molecule has 1 saturated heterocycles. The highest BCUT2D eigenvalue weighted by molar-refractivity contribution is 7.91. The van der Waals surface area contributed by atoms with Crippen LogP contribution >= 0.6 is 0 Å². The maximum Gasteiger partial charge on any atom is 0.320 e. The van der Waals surface area contributed by atoms with Gasteiger partial charge in [0.15, 0.2) is 9.84 Å². The molecule has 1 fully saturated rings. The van der Waals surface area contributed by atoms with Gasteiger partial charge in [0.1, 0.15) is 0 Å². The summed E-state index contributed by atoms with van der Waals surface area (Å²) in [6, 6.07) is -0.325. The van der Waals surface area contributed by atoms with Crippen molar-refractivity contribution >= 4 is 15.9 Å². The zero-order valence-electron chi connectivity index (χ0n) is 11.2. The van der Waals surface area contributed by atoms with Gasteiger partial charge >= 0.3 is 6.03 Å². The van der Waals surface area contributed by atoms with Gasteiger partial charge in [-0.3, -0.25) is 0 Å². The van der Waals surface area contributed by atoms with Gasteiger partial charge in [-0.15, -0.1) is 0 Å². The van der Waals surface area contributed by atoms with E-state index in [1.807, 2.05) is 20.8 Å². The second kappa shape index (κ2) is 4.48. The fourth-order valence-corrected chi connectivity index (χ4v) is 3.89. The van der Waals surface area contributed by atoms with Crippen LogP contribution in [0.4, 0.5) is 4.79 Å². The first-order valence-electron chi connectivity index (χ1n) is 5.75. The van der Waals surface area contributed by atoms with E-state index in [2.05, 4.69) is 0 Å². The third-order valence-corrected chi connectivity index (χ3v) is 4.64. The van der Waals surface area contributed by atoms with Crippen LogP contribution < -0.4 is 0 Å². The van der Waals surface area contributed by atoms with Crippen LogP contribution in [0, 0.1) is 0 Å². The summed E-state index contributed by atoms with van der Waals surface area (Å²) in [5.74, 6) is 0.273. The zero-order valence-corrected chi connectivity index (χ0v) is 12.0. The molecule has 1 aliphatic heterocycles. The van der Waals surface area contributed by atoms with Gasteiger partial charge in [0.05, 0.1) is 11.5 Å². The zero-order chi connectivity index (χ0) is 13.4. The minimum atomic E-state index is -2.97. The number of hydrogen-bond donors (Lipinski definition) is 0. The smallest absolute Gasteiger partial charge is 0.320 e. The largest absolute Gasteiger partial charge is 0.331 e. The van der Waals surface area contributed by atoms with Gasteiger partial charge in [-0.05, 0) is 27.2 Å². The number of hydrogen-bond acceptors (Lipinski definition) is 3. The molecule has 1 rings (SSSR count). The van der Waals surface area contributed by atoms with E-state index in [4.69, 9.17) is 0 Å². The number of carbonyl (C=O) groups excluding carboxylic acids is 1. The Morgan fingerprint density at radius 3 is 2.06 bits per heavy atom. The molecular formula is C11H22N2O3S. The average molecular weight is 262 g/mol. The number of sulfone groups is 1. The molecule has 5 nitrogen and oxygen atoms in total. The molecule has 6 heteroatoms. The van der Waals surface area contributed by atoms with Crippen molar-refractivity contribution in [1.82, 2.24) is 9.80 Å². The molecule has 0 saturated carbocycles. The normalized spacial score (nSPS) is 23.5. The summed E-state index contributed by atoms with van der Waals surface area (Å²) in [4.78, 5) is 15.3. The Labute approximate surface area is 104 Å². The van der Waals surface area contributed by atoms with Gasteiger partial charge in [0.25, 0.3) is 0 Å². The van der Waals surface area contributed by atoms with Gasteiger partial charge in [-0.1, -0.05) is 0 Å². The summed E-state index contributed by atoms with van der Waals surface area (Å²) < 4.78 is 23.0. The molecule has 1 aliphatic rings. The highest BCUT2D eigenvalue weighted by Gasteiger charge is 2.40. The van der Waals surface area contributed by atoms with E-state index < -0.39 is 9.84 Å². The van der Waals surface area contributed by atoms with Crippen LogP contribution in [-0.2, 0) is 9.84 Å². The fraction of sp³-hybridized carbons (Fsp3) is 0.909. The molecule has 0 aliphatic carbocycles. The second-order valence-corrected chi connectivity index (χ2v) is 8.00. The summed E-state index contributed by atoms with van der Waals surface area (Å²) in [6.45, 7) is 5.79. The maximum atomic E-state index is 12.1. The molecule has 0 aromatic carbocycles. The van der Waals surface area contributed by atoms with Crippen molar-refractivity contribution in [2.45, 2.75) is 38.8 Å². The van der Waals surface area contributed by atoms with Crippen LogP contribution in [0.5, 0.6) is 0 Å². The van der Waals surface area contributed by atoms with E-state index in [9.17, 15) is 13.2 Å². The van der Waals surface area contributed by atoms with Crippen LogP contribution in [0.2, 0.25) is 0 Å². The molecule has 0 radical (unpaired) electrons. The van der Waals surface area contributed by atoms with E-state index in [1.54, 1.807) is 19.0 Å². The summed E-state index contributed by atoms with van der Waals surface area (Å²) in [5.41, 5.74) is -0.369. The summed E-state index contributed by atoms with van der Waals surface area (Å²) in [5, 5.41) is 0. The van der Waals surface area contributed by atoms with Crippen LogP contribution in [0.1, 0.15) is 27.2 Å². The van der Waals surface area contributed by atoms with Crippen LogP contribution in [0.15, 0.2) is 0 Å². The lowest BCUT2D eigenvalue weighted by Crippen LogP contribution is -2.55. The van der Waals surface area contributed by atoms with Crippen molar-refractivity contribution in [2.24, 2.45) is 0 Å². The lowest BCUT2D eigenvalue weighted by molar-refractivity contribution is 0.0973. The Kier molecular flexibility index (Phi) is 3.76. The first kappa shape index (κ1) is 14.3. The first-order chi connectivity index (χ1) is 7.54. The predicted molar refractivity (Wildman–Crippen MR) is 67.7 cm³/mol. The van der Waals surface area contributed by atoms with Crippen molar-refractivity contribution in [1.29, 1.82) is 0 Å². The predicted octanol–water partition coefficient (Wildman–Crippen LogP) is 0.956. The first-order valence-corrected chi connectivity index (χ1v) is 7.58. The lowest BCUT2D eigenvalue weighted by atomic mass is 10.0. The third-order valence-electron chi connectivity index (χ3n) is 2.88. The SMILES string of the molecule is CN(C)C(=O)N([C@@H]1CCS(=O)(=O)C1)C(C)(C)C. The van der Waals surface area contributed by atoms with Gasteiger partial charge in [0, 0.05) is 25.7 Å². The quantitative estimate of drug-likeness (QED) is 0.707. The molecule has 17 heavy (non-hydrogen) atoms. The fourth-order valence-electron chi connectivity index (χ4n) is 2.19. The Morgan fingerprint density at radius 2 is 1.76 bits per heavy atom. The van der Waals surface area contributed by atoms with Gasteiger partial charge in [0.2, 0.25) is 0 Å². The van der Waals surface area contributed by atoms with Crippen molar-refractivity contribution in [3.05, 3.63) is 0 Å². The third kappa shape index (κ3) is 3.34. The molecule has 1 atom stereocenters. The molecule has 100 valence electrons. The Morgan fingerprint density at radius 1 is 1.24 bits per heavy atom. The molecule has 0 spiro atoms. The van der Waals surface area contributed by atoms with E-state index in [0.717, 1.165) is 0 Å². The van der Waals surface area contributed by atoms with E-state index >= 15 is 0 Å². The topological polar surface area (TPSA) is 57.7 Å². The van der Waals surface area contributed by atoms with Crippen molar-refractivity contribution in [3.8, 4) is 0 Å². The molecule has 0 bridgehead atoms. The Balaban J connectivity index is 2.98. The highest BCUT2D eigenvalue weighted by Crippen LogP contribution is 2.26. The summed E-state index contributed by atoms with van der Waals surface area (Å²) >= 11 is 0. The molecule has 2 amide bonds. The van der Waals surface area contributed by atoms with Crippen molar-refractivity contribution < 1.29 is 13.2 Å².